The van der Waals surface area contributed by atoms with E-state index >= 15 is 0 Å². The van der Waals surface area contributed by atoms with Gasteiger partial charge in [-0.05, 0) is 6.92 Å². The van der Waals surface area contributed by atoms with Crippen molar-refractivity contribution in [2.45, 2.75) is 53.2 Å². The third kappa shape index (κ3) is 168. The first-order chi connectivity index (χ1) is 6.59. The minimum absolute atomic E-state index is 0. The first-order valence-electron chi connectivity index (χ1n) is 4.60. The largest absolute Gasteiger partial charge is 3.00 e. The molecule has 16 heavy (non-hydrogen) atoms. The first kappa shape index (κ1) is 24.7. The number of carbonyl (C=O) groups is 2. The summed E-state index contributed by atoms with van der Waals surface area (Å²) in [6, 6.07) is 0. The molecule has 0 radical (unpaired) electrons. The van der Waals surface area contributed by atoms with E-state index in [1.165, 1.54) is 6.92 Å². The van der Waals surface area contributed by atoms with Crippen molar-refractivity contribution < 1.29 is 41.7 Å². The Balaban J connectivity index is -0.0000000700. The molecule has 5 nitrogen and oxygen atoms in total. The molecule has 6 heteroatoms. The molecule has 0 amide bonds. The molecular weight excluding hydrogens is 259 g/mol. The van der Waals surface area contributed by atoms with Gasteiger partial charge in [-0.2, -0.15) is 0 Å². The second-order valence-corrected chi connectivity index (χ2v) is 3.35. The van der Waals surface area contributed by atoms with Crippen LogP contribution in [0.3, 0.4) is 0 Å². The van der Waals surface area contributed by atoms with Crippen LogP contribution < -0.4 is 15.3 Å². The average Bonchev–Trinajstić information content (AvgIpc) is 1.78. The minimum Gasteiger partial charge on any atom is -0.852 e. The Labute approximate surface area is 107 Å². The van der Waals surface area contributed by atoms with Crippen molar-refractivity contribution in [2.75, 3.05) is 0 Å². The zero-order chi connectivity index (χ0) is 13.0. The van der Waals surface area contributed by atoms with Gasteiger partial charge in [0.05, 0.1) is 0 Å². The summed E-state index contributed by atoms with van der Waals surface area (Å²) >= 11 is 0. The summed E-state index contributed by atoms with van der Waals surface area (Å²) < 4.78 is 0. The predicted octanol–water partition coefficient (Wildman–Crippen LogP) is -1.78. The molecule has 0 aliphatic rings. The number of Topliss-reactive ketones (excluding diaryl/α,β-unsaturated/α-hetero) is 1. The van der Waals surface area contributed by atoms with Crippen LogP contribution in [0.2, 0.25) is 0 Å². The Morgan fingerprint density at radius 2 is 1.19 bits per heavy atom. The van der Waals surface area contributed by atoms with Crippen molar-refractivity contribution in [1.82, 2.24) is 0 Å². The van der Waals surface area contributed by atoms with Crippen LogP contribution >= 0.6 is 0 Å². The van der Waals surface area contributed by atoms with Crippen LogP contribution in [-0.4, -0.2) is 24.0 Å². The quantitative estimate of drug-likeness (QED) is 0.556. The summed E-state index contributed by atoms with van der Waals surface area (Å²) in [5, 5.41) is 28.5. The number of carboxylic acids is 1. The Hall–Kier alpha value is -0.434. The monoisotopic (exact) mass is 278 g/mol. The molecule has 0 saturated carbocycles. The van der Waals surface area contributed by atoms with Crippen LogP contribution in [0.4, 0.5) is 0 Å². The van der Waals surface area contributed by atoms with Gasteiger partial charge in [0.1, 0.15) is 5.78 Å². The molecule has 0 aromatic rings. The molecule has 0 aliphatic carbocycles. The number of hydrogen-bond acceptors (Lipinski definition) is 5. The SMILES string of the molecule is CC(=O)CC(=O)[O-].CC(C)[O-].CC(C)[O-].[Co+3]. The zero-order valence-corrected chi connectivity index (χ0v) is 11.3. The number of aliphatic carboxylic acids is 1. The van der Waals surface area contributed by atoms with E-state index in [1.54, 1.807) is 27.7 Å². The summed E-state index contributed by atoms with van der Waals surface area (Å²) in [6.45, 7) is 7.65. The maximum atomic E-state index is 9.83. The van der Waals surface area contributed by atoms with E-state index in [1.807, 2.05) is 0 Å². The van der Waals surface area contributed by atoms with Crippen molar-refractivity contribution in [2.24, 2.45) is 0 Å². The van der Waals surface area contributed by atoms with Gasteiger partial charge in [-0.1, -0.05) is 27.7 Å². The van der Waals surface area contributed by atoms with Crippen molar-refractivity contribution in [3.63, 3.8) is 0 Å². The van der Waals surface area contributed by atoms with E-state index in [0.29, 0.717) is 0 Å². The van der Waals surface area contributed by atoms with Crippen molar-refractivity contribution in [1.29, 1.82) is 0 Å². The van der Waals surface area contributed by atoms with E-state index in [4.69, 9.17) is 0 Å². The van der Waals surface area contributed by atoms with Gasteiger partial charge in [0.25, 0.3) is 0 Å². The van der Waals surface area contributed by atoms with E-state index in [9.17, 15) is 24.9 Å². The van der Waals surface area contributed by atoms with Crippen molar-refractivity contribution in [3.05, 3.63) is 0 Å². The van der Waals surface area contributed by atoms with Gasteiger partial charge >= 0.3 is 16.8 Å². The summed E-state index contributed by atoms with van der Waals surface area (Å²) in [7, 11) is 0. The average molecular weight is 278 g/mol. The van der Waals surface area contributed by atoms with E-state index in [2.05, 4.69) is 0 Å². The van der Waals surface area contributed by atoms with E-state index < -0.39 is 24.6 Å². The third-order valence-electron chi connectivity index (χ3n) is 0.393. The predicted molar refractivity (Wildman–Crippen MR) is 50.6 cm³/mol. The normalized spacial score (nSPS) is 8.06. The minimum atomic E-state index is -1.31. The molecule has 0 fully saturated rings. The molecule has 0 N–H and O–H groups in total. The summed E-state index contributed by atoms with van der Waals surface area (Å²) in [4.78, 5) is 19.3. The Morgan fingerprint density at radius 1 is 1.00 bits per heavy atom. The van der Waals surface area contributed by atoms with Gasteiger partial charge in [-0.15, -0.1) is 12.2 Å². The third-order valence-corrected chi connectivity index (χ3v) is 0.393. The number of rotatable bonds is 2. The number of hydrogen-bond donors (Lipinski definition) is 0. The molecule has 0 rings (SSSR count). The second kappa shape index (κ2) is 17.0. The molecular formula is C10H19CoO5. The fraction of sp³-hybridized carbons (Fsp3) is 0.800. The fourth-order valence-corrected chi connectivity index (χ4v) is 0.203. The fourth-order valence-electron chi connectivity index (χ4n) is 0.203. The van der Waals surface area contributed by atoms with Crippen LogP contribution in [0.5, 0.6) is 0 Å². The Bertz CT molecular complexity index is 145. The van der Waals surface area contributed by atoms with E-state index in [-0.39, 0.29) is 22.6 Å². The van der Waals surface area contributed by atoms with Gasteiger partial charge in [-0.3, -0.25) is 4.79 Å². The maximum Gasteiger partial charge on any atom is 3.00 e. The van der Waals surface area contributed by atoms with Gasteiger partial charge in [-0.25, -0.2) is 0 Å². The van der Waals surface area contributed by atoms with Crippen LogP contribution in [0.1, 0.15) is 41.0 Å². The molecule has 0 spiro atoms. The van der Waals surface area contributed by atoms with Gasteiger partial charge < -0.3 is 20.1 Å². The number of ketones is 1. The summed E-state index contributed by atoms with van der Waals surface area (Å²) in [5.41, 5.74) is 0. The van der Waals surface area contributed by atoms with Gasteiger partial charge in [0.2, 0.25) is 0 Å². The van der Waals surface area contributed by atoms with Gasteiger partial charge in [0.15, 0.2) is 0 Å². The van der Waals surface area contributed by atoms with E-state index in [0.717, 1.165) is 0 Å². The standard InChI is InChI=1S/C4H6O3.2C3H7O.Co/c1-3(5)2-4(6)7;2*1-3(2)4;/h2H2,1H3,(H,6,7);2*3H,1-2H3;/q;2*-1;+3/p-1. The smallest absolute Gasteiger partial charge is 0.852 e. The number of carbonyl (C=O) groups excluding carboxylic acids is 2. The molecule has 98 valence electrons. The Morgan fingerprint density at radius 3 is 1.19 bits per heavy atom. The molecule has 0 aromatic heterocycles. The second-order valence-electron chi connectivity index (χ2n) is 3.35. The maximum absolute atomic E-state index is 9.83. The van der Waals surface area contributed by atoms with Crippen molar-refractivity contribution in [3.8, 4) is 0 Å². The van der Waals surface area contributed by atoms with Crippen LogP contribution in [0.25, 0.3) is 0 Å². The molecule has 0 saturated heterocycles. The van der Waals surface area contributed by atoms with Gasteiger partial charge in [0, 0.05) is 12.4 Å². The van der Waals surface area contributed by atoms with Crippen LogP contribution in [-0.2, 0) is 26.4 Å². The van der Waals surface area contributed by atoms with Crippen LogP contribution in [0, 0.1) is 0 Å². The topological polar surface area (TPSA) is 103 Å². The molecule has 0 aliphatic heterocycles. The van der Waals surface area contributed by atoms with Crippen molar-refractivity contribution >= 4 is 11.8 Å². The molecule has 0 atom stereocenters. The molecule has 0 bridgehead atoms. The summed E-state index contributed by atoms with van der Waals surface area (Å²) in [5.74, 6) is -1.69. The molecule has 0 unspecified atom stereocenters. The zero-order valence-electron chi connectivity index (χ0n) is 10.2. The van der Waals surface area contributed by atoms with Crippen LogP contribution in [0.15, 0.2) is 0 Å². The Kier molecular flexibility index (Phi) is 26.2. The molecule has 0 aromatic carbocycles. The number of carboxylic acid groups (broad SMARTS) is 1. The first-order valence-corrected chi connectivity index (χ1v) is 4.60. The molecule has 0 heterocycles. The summed E-state index contributed by atoms with van der Waals surface area (Å²) in [6.07, 6.45) is -1.31.